The molecule has 0 bridgehead atoms. The van der Waals surface area contributed by atoms with Gasteiger partial charge < -0.3 is 10.6 Å². The molecular weight excluding hydrogens is 206 g/mol. The van der Waals surface area contributed by atoms with Gasteiger partial charge in [0.15, 0.2) is 5.96 Å². The molecule has 0 aliphatic rings. The Morgan fingerprint density at radius 2 is 1.73 bits per heavy atom. The molecular formula is C11H25N3S. The van der Waals surface area contributed by atoms with Crippen LogP contribution in [0.15, 0.2) is 4.99 Å². The maximum atomic E-state index is 4.48. The summed E-state index contributed by atoms with van der Waals surface area (Å²) in [6.07, 6.45) is 4.75. The minimum absolute atomic E-state index is 0.836. The molecule has 15 heavy (non-hydrogen) atoms. The van der Waals surface area contributed by atoms with E-state index in [2.05, 4.69) is 42.1 Å². The van der Waals surface area contributed by atoms with Crippen molar-refractivity contribution in [3.8, 4) is 0 Å². The lowest BCUT2D eigenvalue weighted by atomic mass is 10.3. The number of rotatable bonds is 8. The highest BCUT2D eigenvalue weighted by Gasteiger charge is 1.95. The third-order valence-corrected chi connectivity index (χ3v) is 2.23. The number of hydrogen-bond acceptors (Lipinski definition) is 2. The normalized spacial score (nSPS) is 11.5. The number of aliphatic imine (C=N–C) groups is 1. The van der Waals surface area contributed by atoms with E-state index in [4.69, 9.17) is 0 Å². The van der Waals surface area contributed by atoms with Gasteiger partial charge in [-0.25, -0.2) is 0 Å². The van der Waals surface area contributed by atoms with Gasteiger partial charge in [-0.3, -0.25) is 4.99 Å². The third kappa shape index (κ3) is 9.91. The van der Waals surface area contributed by atoms with E-state index in [1.807, 2.05) is 0 Å². The van der Waals surface area contributed by atoms with Crippen LogP contribution in [0.5, 0.6) is 0 Å². The Balaban J connectivity index is 3.76. The van der Waals surface area contributed by atoms with Gasteiger partial charge in [-0.05, 0) is 12.8 Å². The first kappa shape index (κ1) is 14.6. The summed E-state index contributed by atoms with van der Waals surface area (Å²) < 4.78 is 0. The number of nitrogens with zero attached hydrogens (tertiary/aromatic N) is 1. The second kappa shape index (κ2) is 11.7. The van der Waals surface area contributed by atoms with Gasteiger partial charge >= 0.3 is 0 Å². The highest BCUT2D eigenvalue weighted by molar-refractivity contribution is 7.80. The Bertz CT molecular complexity index is 160. The van der Waals surface area contributed by atoms with Crippen molar-refractivity contribution in [2.45, 2.75) is 39.5 Å². The largest absolute Gasteiger partial charge is 0.356 e. The summed E-state index contributed by atoms with van der Waals surface area (Å²) in [5.74, 6) is 1.77. The fourth-order valence-corrected chi connectivity index (χ4v) is 1.19. The predicted molar refractivity (Wildman–Crippen MR) is 72.0 cm³/mol. The fraction of sp³-hybridized carbons (Fsp3) is 0.909. The van der Waals surface area contributed by atoms with Crippen molar-refractivity contribution < 1.29 is 0 Å². The Labute approximate surface area is 99.5 Å². The lowest BCUT2D eigenvalue weighted by Crippen LogP contribution is -2.39. The second-order valence-corrected chi connectivity index (χ2v) is 3.96. The molecule has 0 aromatic carbocycles. The van der Waals surface area contributed by atoms with E-state index in [0.29, 0.717) is 0 Å². The zero-order chi connectivity index (χ0) is 11.4. The van der Waals surface area contributed by atoms with Crippen LogP contribution in [0.3, 0.4) is 0 Å². The highest BCUT2D eigenvalue weighted by Crippen LogP contribution is 1.88. The van der Waals surface area contributed by atoms with Gasteiger partial charge in [0, 0.05) is 25.4 Å². The van der Waals surface area contributed by atoms with E-state index >= 15 is 0 Å². The first-order valence-electron chi connectivity index (χ1n) is 5.98. The predicted octanol–water partition coefficient (Wildman–Crippen LogP) is 2.05. The Morgan fingerprint density at radius 1 is 1.07 bits per heavy atom. The van der Waals surface area contributed by atoms with Crippen LogP contribution in [0.2, 0.25) is 0 Å². The number of unbranched alkanes of at least 4 members (excludes halogenated alkanes) is 2. The Morgan fingerprint density at radius 3 is 2.33 bits per heavy atom. The Kier molecular flexibility index (Phi) is 11.4. The molecule has 0 aliphatic heterocycles. The van der Waals surface area contributed by atoms with E-state index in [1.165, 1.54) is 19.3 Å². The molecule has 0 unspecified atom stereocenters. The molecule has 0 saturated heterocycles. The molecule has 3 nitrogen and oxygen atoms in total. The number of thiol groups is 1. The molecule has 0 saturated carbocycles. The summed E-state index contributed by atoms with van der Waals surface area (Å²) in [7, 11) is 0. The second-order valence-electron chi connectivity index (χ2n) is 3.51. The number of hydrogen-bond donors (Lipinski definition) is 3. The SMILES string of the molecule is CCCCN=C(NCCS)NCCCC. The van der Waals surface area contributed by atoms with E-state index in [9.17, 15) is 0 Å². The molecule has 0 spiro atoms. The lowest BCUT2D eigenvalue weighted by Gasteiger charge is -2.11. The highest BCUT2D eigenvalue weighted by atomic mass is 32.1. The minimum atomic E-state index is 0.836. The molecule has 0 radical (unpaired) electrons. The average molecular weight is 231 g/mol. The smallest absolute Gasteiger partial charge is 0.191 e. The van der Waals surface area contributed by atoms with Gasteiger partial charge in [0.2, 0.25) is 0 Å². The zero-order valence-corrected chi connectivity index (χ0v) is 10.9. The van der Waals surface area contributed by atoms with Crippen LogP contribution in [0, 0.1) is 0 Å². The van der Waals surface area contributed by atoms with Crippen LogP contribution in [-0.4, -0.2) is 31.3 Å². The standard InChI is InChI=1S/C11H25N3S/c1-3-5-7-12-11(14-9-10-15)13-8-6-4-2/h15H,3-10H2,1-2H3,(H2,12,13,14). The van der Waals surface area contributed by atoms with Gasteiger partial charge in [0.05, 0.1) is 0 Å². The maximum absolute atomic E-state index is 4.48. The third-order valence-electron chi connectivity index (χ3n) is 2.01. The molecule has 90 valence electrons. The van der Waals surface area contributed by atoms with Gasteiger partial charge in [-0.15, -0.1) is 0 Å². The molecule has 0 rings (SSSR count). The Hall–Kier alpha value is -0.380. The summed E-state index contributed by atoms with van der Waals surface area (Å²) in [4.78, 5) is 4.48. The van der Waals surface area contributed by atoms with Gasteiger partial charge in [0.1, 0.15) is 0 Å². The summed E-state index contributed by atoms with van der Waals surface area (Å²) >= 11 is 4.17. The van der Waals surface area contributed by atoms with Crippen LogP contribution in [0.1, 0.15) is 39.5 Å². The summed E-state index contributed by atoms with van der Waals surface area (Å²) in [5, 5.41) is 6.57. The van der Waals surface area contributed by atoms with E-state index < -0.39 is 0 Å². The first-order chi connectivity index (χ1) is 7.35. The van der Waals surface area contributed by atoms with Gasteiger partial charge in [-0.1, -0.05) is 26.7 Å². The molecule has 0 amide bonds. The van der Waals surface area contributed by atoms with E-state index in [0.717, 1.165) is 37.8 Å². The van der Waals surface area contributed by atoms with Crippen LogP contribution >= 0.6 is 12.6 Å². The minimum Gasteiger partial charge on any atom is -0.356 e. The van der Waals surface area contributed by atoms with Crippen molar-refractivity contribution in [2.24, 2.45) is 4.99 Å². The van der Waals surface area contributed by atoms with Crippen molar-refractivity contribution in [1.29, 1.82) is 0 Å². The summed E-state index contributed by atoms with van der Waals surface area (Å²) in [5.41, 5.74) is 0. The van der Waals surface area contributed by atoms with Crippen LogP contribution < -0.4 is 10.6 Å². The topological polar surface area (TPSA) is 36.4 Å². The van der Waals surface area contributed by atoms with Crippen LogP contribution in [0.25, 0.3) is 0 Å². The van der Waals surface area contributed by atoms with Crippen LogP contribution in [-0.2, 0) is 0 Å². The van der Waals surface area contributed by atoms with Crippen molar-refractivity contribution in [3.05, 3.63) is 0 Å². The van der Waals surface area contributed by atoms with Crippen molar-refractivity contribution in [1.82, 2.24) is 10.6 Å². The van der Waals surface area contributed by atoms with E-state index in [-0.39, 0.29) is 0 Å². The van der Waals surface area contributed by atoms with Crippen LogP contribution in [0.4, 0.5) is 0 Å². The van der Waals surface area contributed by atoms with Crippen molar-refractivity contribution in [2.75, 3.05) is 25.4 Å². The maximum Gasteiger partial charge on any atom is 0.191 e. The molecule has 0 fully saturated rings. The summed E-state index contributed by atoms with van der Waals surface area (Å²) in [6, 6.07) is 0. The number of nitrogens with one attached hydrogen (secondary N) is 2. The molecule has 4 heteroatoms. The average Bonchev–Trinajstić information content (AvgIpc) is 2.25. The molecule has 0 aromatic rings. The number of guanidine groups is 1. The monoisotopic (exact) mass is 231 g/mol. The molecule has 0 atom stereocenters. The quantitative estimate of drug-likeness (QED) is 0.259. The molecule has 2 N–H and O–H groups in total. The fourth-order valence-electron chi connectivity index (χ4n) is 1.08. The molecule has 0 aliphatic carbocycles. The van der Waals surface area contributed by atoms with Gasteiger partial charge in [-0.2, -0.15) is 12.6 Å². The van der Waals surface area contributed by atoms with Gasteiger partial charge in [0.25, 0.3) is 0 Å². The van der Waals surface area contributed by atoms with Crippen molar-refractivity contribution >= 4 is 18.6 Å². The summed E-state index contributed by atoms with van der Waals surface area (Å²) in [6.45, 7) is 7.15. The zero-order valence-electron chi connectivity index (χ0n) is 10.1. The molecule has 0 heterocycles. The van der Waals surface area contributed by atoms with E-state index in [1.54, 1.807) is 0 Å². The molecule has 0 aromatic heterocycles. The first-order valence-corrected chi connectivity index (χ1v) is 6.61. The van der Waals surface area contributed by atoms with Crippen molar-refractivity contribution in [3.63, 3.8) is 0 Å². The lowest BCUT2D eigenvalue weighted by molar-refractivity contribution is 0.724.